The number of piperidine rings is 1. The molecule has 0 spiro atoms. The average Bonchev–Trinajstić information content (AvgIpc) is 2.98. The summed E-state index contributed by atoms with van der Waals surface area (Å²) in [5, 5.41) is 0. The van der Waals surface area contributed by atoms with Crippen LogP contribution in [0.2, 0.25) is 0 Å². The van der Waals surface area contributed by atoms with Gasteiger partial charge in [0.1, 0.15) is 0 Å². The van der Waals surface area contributed by atoms with Crippen LogP contribution in [0, 0.1) is 11.3 Å². The molecule has 2 N–H and O–H groups in total. The van der Waals surface area contributed by atoms with Gasteiger partial charge in [-0.1, -0.05) is 0 Å². The first-order valence-corrected chi connectivity index (χ1v) is 5.62. The molecule has 0 aromatic heterocycles. The minimum absolute atomic E-state index is 0.135. The van der Waals surface area contributed by atoms with E-state index in [0.29, 0.717) is 5.92 Å². The third kappa shape index (κ3) is 1.73. The number of primary amides is 1. The number of carbonyl (C=O) groups is 2. The number of nitrogens with two attached hydrogens (primary N) is 1. The van der Waals surface area contributed by atoms with E-state index in [4.69, 9.17) is 5.73 Å². The quantitative estimate of drug-likeness (QED) is 0.721. The van der Waals surface area contributed by atoms with Crippen LogP contribution in [0.15, 0.2) is 0 Å². The fraction of sp³-hybridized carbons (Fsp3) is 0.818. The summed E-state index contributed by atoms with van der Waals surface area (Å²) in [4.78, 5) is 24.3. The van der Waals surface area contributed by atoms with Crippen molar-refractivity contribution in [1.29, 1.82) is 0 Å². The van der Waals surface area contributed by atoms with Crippen molar-refractivity contribution in [3.8, 4) is 0 Å². The highest BCUT2D eigenvalue weighted by molar-refractivity contribution is 5.84. The molecule has 0 aromatic carbocycles. The predicted octanol–water partition coefficient (Wildman–Crippen LogP) is 0.510. The van der Waals surface area contributed by atoms with E-state index < -0.39 is 0 Å². The third-order valence-corrected chi connectivity index (χ3v) is 4.00. The molecule has 0 bridgehead atoms. The molecule has 84 valence electrons. The number of amides is 2. The molecule has 1 aliphatic carbocycles. The lowest BCUT2D eigenvalue weighted by molar-refractivity contribution is -0.131. The molecule has 2 fully saturated rings. The van der Waals surface area contributed by atoms with Gasteiger partial charge in [-0.2, -0.15) is 0 Å². The summed E-state index contributed by atoms with van der Waals surface area (Å²) in [6.07, 6.45) is 3.77. The standard InChI is InChI=1S/C11H18N2O2/c1-8(14)13-6-2-9(3-7-13)11(4-5-11)10(12)15/h9H,2-7H2,1H3,(H2,12,15). The molecule has 0 aromatic rings. The maximum atomic E-state index is 11.3. The normalized spacial score (nSPS) is 25.0. The summed E-state index contributed by atoms with van der Waals surface area (Å²) in [5.74, 6) is 0.409. The van der Waals surface area contributed by atoms with Crippen LogP contribution in [0.25, 0.3) is 0 Å². The van der Waals surface area contributed by atoms with Crippen molar-refractivity contribution in [2.45, 2.75) is 32.6 Å². The van der Waals surface area contributed by atoms with Crippen molar-refractivity contribution in [2.75, 3.05) is 13.1 Å². The Balaban J connectivity index is 1.94. The Morgan fingerprint density at radius 2 is 1.80 bits per heavy atom. The first-order chi connectivity index (χ1) is 7.06. The number of likely N-dealkylation sites (tertiary alicyclic amines) is 1. The Kier molecular flexibility index (Phi) is 2.44. The molecular weight excluding hydrogens is 192 g/mol. The van der Waals surface area contributed by atoms with Crippen molar-refractivity contribution >= 4 is 11.8 Å². The summed E-state index contributed by atoms with van der Waals surface area (Å²) >= 11 is 0. The summed E-state index contributed by atoms with van der Waals surface area (Å²) < 4.78 is 0. The van der Waals surface area contributed by atoms with Crippen LogP contribution >= 0.6 is 0 Å². The Labute approximate surface area is 89.8 Å². The number of hydrogen-bond donors (Lipinski definition) is 1. The largest absolute Gasteiger partial charge is 0.369 e. The van der Waals surface area contributed by atoms with E-state index in [0.717, 1.165) is 38.8 Å². The number of rotatable bonds is 2. The Morgan fingerprint density at radius 1 is 1.27 bits per heavy atom. The van der Waals surface area contributed by atoms with Gasteiger partial charge < -0.3 is 10.6 Å². The molecule has 2 rings (SSSR count). The SMILES string of the molecule is CC(=O)N1CCC(C2(C(N)=O)CC2)CC1. The molecule has 0 radical (unpaired) electrons. The maximum Gasteiger partial charge on any atom is 0.223 e. The number of hydrogen-bond acceptors (Lipinski definition) is 2. The van der Waals surface area contributed by atoms with E-state index in [1.807, 2.05) is 4.90 Å². The van der Waals surface area contributed by atoms with E-state index >= 15 is 0 Å². The lowest BCUT2D eigenvalue weighted by atomic mass is 9.81. The van der Waals surface area contributed by atoms with Crippen LogP contribution in [0.4, 0.5) is 0 Å². The van der Waals surface area contributed by atoms with E-state index in [9.17, 15) is 9.59 Å². The Morgan fingerprint density at radius 3 is 2.13 bits per heavy atom. The van der Waals surface area contributed by atoms with Crippen LogP contribution < -0.4 is 5.73 Å². The van der Waals surface area contributed by atoms with Gasteiger partial charge in [-0.15, -0.1) is 0 Å². The topological polar surface area (TPSA) is 63.4 Å². The van der Waals surface area contributed by atoms with Gasteiger partial charge in [0.05, 0.1) is 5.41 Å². The molecule has 2 amide bonds. The fourth-order valence-corrected chi connectivity index (χ4v) is 2.74. The van der Waals surface area contributed by atoms with Gasteiger partial charge in [-0.05, 0) is 31.6 Å². The second kappa shape index (κ2) is 3.51. The maximum absolute atomic E-state index is 11.3. The summed E-state index contributed by atoms with van der Waals surface area (Å²) in [6, 6.07) is 0. The van der Waals surface area contributed by atoms with Crippen molar-refractivity contribution in [2.24, 2.45) is 17.1 Å². The first-order valence-electron chi connectivity index (χ1n) is 5.62. The number of carbonyl (C=O) groups excluding carboxylic acids is 2. The molecule has 2 aliphatic rings. The monoisotopic (exact) mass is 210 g/mol. The molecule has 15 heavy (non-hydrogen) atoms. The summed E-state index contributed by atoms with van der Waals surface area (Å²) in [7, 11) is 0. The molecule has 1 heterocycles. The van der Waals surface area contributed by atoms with Gasteiger partial charge in [-0.3, -0.25) is 9.59 Å². The minimum Gasteiger partial charge on any atom is -0.369 e. The van der Waals surface area contributed by atoms with Crippen LogP contribution in [0.5, 0.6) is 0 Å². The minimum atomic E-state index is -0.205. The second-order valence-electron chi connectivity index (χ2n) is 4.80. The van der Waals surface area contributed by atoms with Crippen LogP contribution in [0.1, 0.15) is 32.6 Å². The van der Waals surface area contributed by atoms with Crippen LogP contribution in [0.3, 0.4) is 0 Å². The first kappa shape index (κ1) is 10.5. The lowest BCUT2D eigenvalue weighted by Crippen LogP contribution is -2.42. The molecule has 4 nitrogen and oxygen atoms in total. The zero-order chi connectivity index (χ0) is 11.1. The van der Waals surface area contributed by atoms with Crippen molar-refractivity contribution in [3.05, 3.63) is 0 Å². The van der Waals surface area contributed by atoms with Crippen LogP contribution in [-0.2, 0) is 9.59 Å². The van der Waals surface area contributed by atoms with Gasteiger partial charge in [0.15, 0.2) is 0 Å². The van der Waals surface area contributed by atoms with Gasteiger partial charge >= 0.3 is 0 Å². The molecule has 0 atom stereocenters. The predicted molar refractivity (Wildman–Crippen MR) is 55.8 cm³/mol. The summed E-state index contributed by atoms with van der Waals surface area (Å²) in [6.45, 7) is 3.17. The molecule has 1 saturated heterocycles. The van der Waals surface area contributed by atoms with E-state index in [-0.39, 0.29) is 17.2 Å². The Bertz CT molecular complexity index is 289. The molecule has 4 heteroatoms. The zero-order valence-corrected chi connectivity index (χ0v) is 9.16. The lowest BCUT2D eigenvalue weighted by Gasteiger charge is -2.34. The highest BCUT2D eigenvalue weighted by Crippen LogP contribution is 2.54. The fourth-order valence-electron chi connectivity index (χ4n) is 2.74. The van der Waals surface area contributed by atoms with Gasteiger partial charge in [-0.25, -0.2) is 0 Å². The number of nitrogens with zero attached hydrogens (tertiary/aromatic N) is 1. The summed E-state index contributed by atoms with van der Waals surface area (Å²) in [5.41, 5.74) is 5.23. The molecular formula is C11H18N2O2. The Hall–Kier alpha value is -1.06. The zero-order valence-electron chi connectivity index (χ0n) is 9.16. The van der Waals surface area contributed by atoms with Crippen molar-refractivity contribution in [1.82, 2.24) is 4.90 Å². The third-order valence-electron chi connectivity index (χ3n) is 4.00. The average molecular weight is 210 g/mol. The van der Waals surface area contributed by atoms with Crippen LogP contribution in [-0.4, -0.2) is 29.8 Å². The molecule has 0 unspecified atom stereocenters. The highest BCUT2D eigenvalue weighted by atomic mass is 16.2. The van der Waals surface area contributed by atoms with E-state index in [1.54, 1.807) is 6.92 Å². The molecule has 1 saturated carbocycles. The second-order valence-corrected chi connectivity index (χ2v) is 4.80. The highest BCUT2D eigenvalue weighted by Gasteiger charge is 2.54. The van der Waals surface area contributed by atoms with E-state index in [2.05, 4.69) is 0 Å². The van der Waals surface area contributed by atoms with Gasteiger partial charge in [0.2, 0.25) is 11.8 Å². The van der Waals surface area contributed by atoms with Crippen molar-refractivity contribution in [3.63, 3.8) is 0 Å². The van der Waals surface area contributed by atoms with Gasteiger partial charge in [0.25, 0.3) is 0 Å². The smallest absolute Gasteiger partial charge is 0.223 e. The van der Waals surface area contributed by atoms with Gasteiger partial charge in [0, 0.05) is 20.0 Å². The van der Waals surface area contributed by atoms with Crippen molar-refractivity contribution < 1.29 is 9.59 Å². The van der Waals surface area contributed by atoms with E-state index in [1.165, 1.54) is 0 Å². The molecule has 1 aliphatic heterocycles.